The van der Waals surface area contributed by atoms with Crippen LogP contribution in [0.1, 0.15) is 41.8 Å². The van der Waals surface area contributed by atoms with Crippen molar-refractivity contribution in [3.63, 3.8) is 0 Å². The number of aryl methyl sites for hydroxylation is 1. The lowest BCUT2D eigenvalue weighted by molar-refractivity contribution is 0.101. The molecule has 1 aromatic carbocycles. The Hall–Kier alpha value is -3.26. The lowest BCUT2D eigenvalue weighted by Crippen LogP contribution is -2.15. The predicted octanol–water partition coefficient (Wildman–Crippen LogP) is 3.37. The Balaban J connectivity index is 1.74. The fourth-order valence-electron chi connectivity index (χ4n) is 2.84. The lowest BCUT2D eigenvalue weighted by atomic mass is 10.0. The smallest absolute Gasteiger partial charge is 0.295 e. The van der Waals surface area contributed by atoms with Gasteiger partial charge in [0.05, 0.1) is 24.2 Å². The molecule has 8 nitrogen and oxygen atoms in total. The van der Waals surface area contributed by atoms with Crippen molar-refractivity contribution in [3.8, 4) is 11.6 Å². The van der Waals surface area contributed by atoms with Gasteiger partial charge in [-0.25, -0.2) is 14.6 Å². The number of ether oxygens (including phenoxy) is 2. The van der Waals surface area contributed by atoms with Crippen LogP contribution < -0.4 is 10.1 Å². The second-order valence-electron chi connectivity index (χ2n) is 6.79. The zero-order valence-electron chi connectivity index (χ0n) is 17.0. The number of carbonyl (C=O) groups excluding carboxylic acids is 1. The third-order valence-electron chi connectivity index (χ3n) is 4.29. The first-order chi connectivity index (χ1) is 14.0. The number of hydrogen-bond acceptors (Lipinski definition) is 6. The molecule has 0 saturated carbocycles. The monoisotopic (exact) mass is 395 g/mol. The Bertz CT molecular complexity index is 967. The van der Waals surface area contributed by atoms with Crippen LogP contribution in [0.5, 0.6) is 5.88 Å². The summed E-state index contributed by atoms with van der Waals surface area (Å²) in [6.45, 7) is 6.96. The van der Waals surface area contributed by atoms with Crippen molar-refractivity contribution in [2.75, 3.05) is 25.6 Å². The van der Waals surface area contributed by atoms with E-state index in [1.165, 1.54) is 6.20 Å². The molecule has 0 aliphatic heterocycles. The fourth-order valence-corrected chi connectivity index (χ4v) is 2.84. The molecule has 3 aromatic rings. The van der Waals surface area contributed by atoms with Gasteiger partial charge in [0, 0.05) is 13.2 Å². The molecule has 2 aromatic heterocycles. The van der Waals surface area contributed by atoms with Crippen molar-refractivity contribution >= 4 is 11.6 Å². The van der Waals surface area contributed by atoms with Crippen molar-refractivity contribution in [2.24, 2.45) is 0 Å². The summed E-state index contributed by atoms with van der Waals surface area (Å²) in [5.41, 5.74) is 2.59. The maximum atomic E-state index is 12.6. The van der Waals surface area contributed by atoms with E-state index in [1.54, 1.807) is 23.9 Å². The van der Waals surface area contributed by atoms with Gasteiger partial charge in [0.15, 0.2) is 0 Å². The summed E-state index contributed by atoms with van der Waals surface area (Å²) < 4.78 is 12.0. The number of carbonyl (C=O) groups is 1. The van der Waals surface area contributed by atoms with Crippen LogP contribution in [0.15, 0.2) is 42.6 Å². The fraction of sp³-hybridized carbons (Fsp3) is 0.333. The standard InChI is InChI=1S/C21H25N5O3/c1-14(2)17-7-5-6-8-18(17)26-15(3)23-20(25-26)21(27)24-16-9-10-19(22-13-16)29-12-11-28-4/h5-10,13-14H,11-12H2,1-4H3,(H,24,27). The van der Waals surface area contributed by atoms with Gasteiger partial charge in [-0.1, -0.05) is 32.0 Å². The van der Waals surface area contributed by atoms with Crippen molar-refractivity contribution in [3.05, 3.63) is 59.8 Å². The highest BCUT2D eigenvalue weighted by Crippen LogP contribution is 2.23. The molecule has 0 radical (unpaired) electrons. The summed E-state index contributed by atoms with van der Waals surface area (Å²) in [6, 6.07) is 11.4. The first-order valence-corrected chi connectivity index (χ1v) is 9.41. The Morgan fingerprint density at radius 1 is 1.17 bits per heavy atom. The average molecular weight is 395 g/mol. The molecule has 0 aliphatic carbocycles. The van der Waals surface area contributed by atoms with E-state index in [0.29, 0.717) is 36.5 Å². The maximum Gasteiger partial charge on any atom is 0.295 e. The molecule has 0 atom stereocenters. The number of nitrogens with zero attached hydrogens (tertiary/aromatic N) is 4. The van der Waals surface area contributed by atoms with Crippen molar-refractivity contribution in [2.45, 2.75) is 26.7 Å². The molecule has 1 amide bonds. The summed E-state index contributed by atoms with van der Waals surface area (Å²) in [5, 5.41) is 7.18. The molecule has 0 fully saturated rings. The summed E-state index contributed by atoms with van der Waals surface area (Å²) in [5.74, 6) is 1.12. The van der Waals surface area contributed by atoms with Gasteiger partial charge in [-0.15, -0.1) is 5.10 Å². The van der Waals surface area contributed by atoms with Gasteiger partial charge in [-0.3, -0.25) is 4.79 Å². The molecule has 3 rings (SSSR count). The molecular formula is C21H25N5O3. The van der Waals surface area contributed by atoms with E-state index >= 15 is 0 Å². The molecular weight excluding hydrogens is 370 g/mol. The second kappa shape index (κ2) is 9.29. The van der Waals surface area contributed by atoms with Crippen LogP contribution >= 0.6 is 0 Å². The highest BCUT2D eigenvalue weighted by molar-refractivity contribution is 6.01. The number of nitrogens with one attached hydrogen (secondary N) is 1. The van der Waals surface area contributed by atoms with Gasteiger partial charge >= 0.3 is 0 Å². The van der Waals surface area contributed by atoms with E-state index in [2.05, 4.69) is 40.3 Å². The van der Waals surface area contributed by atoms with E-state index in [1.807, 2.05) is 25.1 Å². The number of aromatic nitrogens is 4. The minimum Gasteiger partial charge on any atom is -0.475 e. The van der Waals surface area contributed by atoms with Crippen molar-refractivity contribution < 1.29 is 14.3 Å². The second-order valence-corrected chi connectivity index (χ2v) is 6.79. The highest BCUT2D eigenvalue weighted by Gasteiger charge is 2.18. The number of anilines is 1. The number of para-hydroxylation sites is 1. The van der Waals surface area contributed by atoms with Gasteiger partial charge < -0.3 is 14.8 Å². The number of hydrogen-bond donors (Lipinski definition) is 1. The third-order valence-corrected chi connectivity index (χ3v) is 4.29. The van der Waals surface area contributed by atoms with Gasteiger partial charge in [0.2, 0.25) is 11.7 Å². The molecule has 1 N–H and O–H groups in total. The summed E-state index contributed by atoms with van der Waals surface area (Å²) in [6.07, 6.45) is 1.53. The first kappa shape index (κ1) is 20.5. The van der Waals surface area contributed by atoms with Crippen molar-refractivity contribution in [1.29, 1.82) is 0 Å². The Morgan fingerprint density at radius 3 is 2.66 bits per heavy atom. The number of pyridine rings is 1. The van der Waals surface area contributed by atoms with Crippen molar-refractivity contribution in [1.82, 2.24) is 19.7 Å². The maximum absolute atomic E-state index is 12.6. The van der Waals surface area contributed by atoms with Crippen LogP contribution in [0.3, 0.4) is 0 Å². The van der Waals surface area contributed by atoms with E-state index in [4.69, 9.17) is 9.47 Å². The van der Waals surface area contributed by atoms with Crippen LogP contribution in [0.4, 0.5) is 5.69 Å². The SMILES string of the molecule is COCCOc1ccc(NC(=O)c2nc(C)n(-c3ccccc3C(C)C)n2)cn1. The van der Waals surface area contributed by atoms with E-state index in [9.17, 15) is 4.79 Å². The van der Waals surface area contributed by atoms with Crippen LogP contribution in [-0.2, 0) is 4.74 Å². The highest BCUT2D eigenvalue weighted by atomic mass is 16.5. The Kier molecular flexibility index (Phi) is 6.56. The summed E-state index contributed by atoms with van der Waals surface area (Å²) in [7, 11) is 1.61. The van der Waals surface area contributed by atoms with Crippen LogP contribution in [0, 0.1) is 6.92 Å². The molecule has 29 heavy (non-hydrogen) atoms. The van der Waals surface area contributed by atoms with Crippen LogP contribution in [0.25, 0.3) is 5.69 Å². The Morgan fingerprint density at radius 2 is 1.97 bits per heavy atom. The first-order valence-electron chi connectivity index (χ1n) is 9.41. The van der Waals surface area contributed by atoms with Gasteiger partial charge in [-0.2, -0.15) is 0 Å². The zero-order valence-corrected chi connectivity index (χ0v) is 17.0. The third kappa shape index (κ3) is 4.97. The summed E-state index contributed by atoms with van der Waals surface area (Å²) in [4.78, 5) is 21.1. The average Bonchev–Trinajstić information content (AvgIpc) is 3.11. The van der Waals surface area contributed by atoms with Crippen LogP contribution in [0.2, 0.25) is 0 Å². The molecule has 0 aliphatic rings. The zero-order chi connectivity index (χ0) is 20.8. The molecule has 0 bridgehead atoms. The number of benzene rings is 1. The molecule has 2 heterocycles. The molecule has 8 heteroatoms. The minimum atomic E-state index is -0.399. The van der Waals surface area contributed by atoms with E-state index < -0.39 is 5.91 Å². The van der Waals surface area contributed by atoms with Gasteiger partial charge in [0.1, 0.15) is 12.4 Å². The Labute approximate surface area is 169 Å². The van der Waals surface area contributed by atoms with Gasteiger partial charge in [0.25, 0.3) is 5.91 Å². The normalized spacial score (nSPS) is 10.9. The van der Waals surface area contributed by atoms with E-state index in [-0.39, 0.29) is 5.82 Å². The lowest BCUT2D eigenvalue weighted by Gasteiger charge is -2.12. The van der Waals surface area contributed by atoms with Gasteiger partial charge in [-0.05, 0) is 30.5 Å². The molecule has 0 spiro atoms. The number of amides is 1. The summed E-state index contributed by atoms with van der Waals surface area (Å²) >= 11 is 0. The quantitative estimate of drug-likeness (QED) is 0.588. The topological polar surface area (TPSA) is 91.2 Å². The molecule has 152 valence electrons. The molecule has 0 saturated heterocycles. The minimum absolute atomic E-state index is 0.0986. The largest absolute Gasteiger partial charge is 0.475 e. The number of methoxy groups -OCH3 is 1. The molecule has 0 unspecified atom stereocenters. The predicted molar refractivity (Wildman–Crippen MR) is 110 cm³/mol. The van der Waals surface area contributed by atoms with E-state index in [0.717, 1.165) is 11.3 Å². The van der Waals surface area contributed by atoms with Crippen LogP contribution in [-0.4, -0.2) is 46.0 Å². The number of rotatable bonds is 8.